The second-order valence-electron chi connectivity index (χ2n) is 6.97. The minimum atomic E-state index is -0.577. The number of benzene rings is 2. The molecule has 4 aromatic rings. The number of pyridine rings is 2. The monoisotopic (exact) mass is 480 g/mol. The molecule has 0 fully saturated rings. The Labute approximate surface area is 187 Å². The van der Waals surface area contributed by atoms with Crippen LogP contribution >= 0.6 is 27.5 Å². The topological polar surface area (TPSA) is 94.9 Å². The number of hydrogen-bond donors (Lipinski definition) is 2. The summed E-state index contributed by atoms with van der Waals surface area (Å²) in [6, 6.07) is 17.1. The maximum absolute atomic E-state index is 11.6. The van der Waals surface area contributed by atoms with Gasteiger partial charge in [0.25, 0.3) is 5.91 Å². The smallest absolute Gasteiger partial charge is 0.267 e. The van der Waals surface area contributed by atoms with Crippen molar-refractivity contribution in [1.82, 2.24) is 9.97 Å². The van der Waals surface area contributed by atoms with E-state index in [1.807, 2.05) is 55.5 Å². The van der Waals surface area contributed by atoms with E-state index in [-0.39, 0.29) is 5.69 Å². The summed E-state index contributed by atoms with van der Waals surface area (Å²) < 4.78 is 0.730. The molecule has 0 aliphatic heterocycles. The normalized spacial score (nSPS) is 11.1. The van der Waals surface area contributed by atoms with Crippen molar-refractivity contribution in [3.63, 3.8) is 0 Å². The highest BCUT2D eigenvalue weighted by atomic mass is 79.9. The van der Waals surface area contributed by atoms with Crippen LogP contribution in [0.15, 0.2) is 59.1 Å². The van der Waals surface area contributed by atoms with Crippen LogP contribution in [-0.2, 0) is 6.54 Å². The van der Waals surface area contributed by atoms with Crippen molar-refractivity contribution in [2.24, 2.45) is 11.5 Å². The summed E-state index contributed by atoms with van der Waals surface area (Å²) in [5.41, 5.74) is 17.5. The predicted octanol–water partition coefficient (Wildman–Crippen LogP) is 5.25. The average Bonchev–Trinajstić information content (AvgIpc) is 2.72. The lowest BCUT2D eigenvalue weighted by molar-refractivity contribution is 0.0995. The van der Waals surface area contributed by atoms with Crippen molar-refractivity contribution in [2.75, 3.05) is 0 Å². The first-order valence-corrected chi connectivity index (χ1v) is 10.4. The number of carbonyl (C=O) groups is 1. The fourth-order valence-corrected chi connectivity index (χ4v) is 4.13. The zero-order valence-electron chi connectivity index (χ0n) is 16.1. The number of nitrogens with two attached hydrogens (primary N) is 2. The van der Waals surface area contributed by atoms with E-state index in [1.54, 1.807) is 6.07 Å². The molecular weight excluding hydrogens is 464 g/mol. The SMILES string of the molecule is Cc1cc(-c2cc(Br)cc(C(N)=O)n2)cc2cc(CN)c(-c3ccccc3Cl)nc12. The Morgan fingerprint density at radius 1 is 1.10 bits per heavy atom. The molecule has 0 unspecified atom stereocenters. The summed E-state index contributed by atoms with van der Waals surface area (Å²) in [6.45, 7) is 2.32. The molecule has 7 heteroatoms. The Morgan fingerprint density at radius 3 is 2.57 bits per heavy atom. The fourth-order valence-electron chi connectivity index (χ4n) is 3.47. The molecule has 1 amide bonds. The third-order valence-electron chi connectivity index (χ3n) is 4.87. The van der Waals surface area contributed by atoms with Crippen LogP contribution in [0.1, 0.15) is 21.6 Å². The molecule has 0 aliphatic rings. The van der Waals surface area contributed by atoms with Crippen molar-refractivity contribution in [3.8, 4) is 22.5 Å². The standard InChI is InChI=1S/C23H18BrClN4O/c1-12-6-13(19-9-16(24)10-20(28-19)23(27)30)7-14-8-15(11-26)22(29-21(12)14)17-4-2-3-5-18(17)25/h2-10H,11,26H2,1H3,(H2,27,30). The maximum atomic E-state index is 11.6. The molecule has 0 saturated carbocycles. The van der Waals surface area contributed by atoms with E-state index < -0.39 is 5.91 Å². The van der Waals surface area contributed by atoms with Crippen LogP contribution in [0, 0.1) is 6.92 Å². The van der Waals surface area contributed by atoms with Crippen LogP contribution in [0.2, 0.25) is 5.02 Å². The molecule has 2 aromatic carbocycles. The lowest BCUT2D eigenvalue weighted by Gasteiger charge is -2.14. The third kappa shape index (κ3) is 3.81. The largest absolute Gasteiger partial charge is 0.364 e. The van der Waals surface area contributed by atoms with Gasteiger partial charge >= 0.3 is 0 Å². The molecule has 0 spiro atoms. The van der Waals surface area contributed by atoms with Gasteiger partial charge in [0.2, 0.25) is 0 Å². The zero-order valence-corrected chi connectivity index (χ0v) is 18.5. The fraction of sp³-hybridized carbons (Fsp3) is 0.0870. The Bertz CT molecular complexity index is 1310. The average molecular weight is 482 g/mol. The van der Waals surface area contributed by atoms with E-state index in [2.05, 4.69) is 20.9 Å². The number of halogens is 2. The van der Waals surface area contributed by atoms with Crippen molar-refractivity contribution in [1.29, 1.82) is 0 Å². The van der Waals surface area contributed by atoms with E-state index in [9.17, 15) is 4.79 Å². The Balaban J connectivity index is 1.93. The second kappa shape index (κ2) is 8.14. The van der Waals surface area contributed by atoms with Crippen LogP contribution < -0.4 is 11.5 Å². The van der Waals surface area contributed by atoms with Gasteiger partial charge in [0, 0.05) is 32.6 Å². The van der Waals surface area contributed by atoms with E-state index in [4.69, 9.17) is 28.1 Å². The third-order valence-corrected chi connectivity index (χ3v) is 5.66. The van der Waals surface area contributed by atoms with E-state index in [1.165, 1.54) is 0 Å². The molecule has 4 N–H and O–H groups in total. The number of amides is 1. The molecule has 150 valence electrons. The number of rotatable bonds is 4. The van der Waals surface area contributed by atoms with Crippen LogP contribution in [-0.4, -0.2) is 15.9 Å². The number of aromatic nitrogens is 2. The number of fused-ring (bicyclic) bond motifs is 1. The minimum absolute atomic E-state index is 0.201. The molecule has 0 aliphatic carbocycles. The molecule has 0 radical (unpaired) electrons. The van der Waals surface area contributed by atoms with E-state index >= 15 is 0 Å². The quantitative estimate of drug-likeness (QED) is 0.416. The van der Waals surface area contributed by atoms with Crippen LogP contribution in [0.5, 0.6) is 0 Å². The molecule has 30 heavy (non-hydrogen) atoms. The number of aryl methyl sites for hydroxylation is 1. The summed E-state index contributed by atoms with van der Waals surface area (Å²) in [5, 5.41) is 1.56. The van der Waals surface area contributed by atoms with Gasteiger partial charge in [-0.25, -0.2) is 9.97 Å². The van der Waals surface area contributed by atoms with Gasteiger partial charge in [0.1, 0.15) is 5.69 Å². The van der Waals surface area contributed by atoms with Crippen molar-refractivity contribution in [3.05, 3.63) is 80.9 Å². The molecule has 2 aromatic heterocycles. The Morgan fingerprint density at radius 2 is 1.87 bits per heavy atom. The first-order valence-electron chi connectivity index (χ1n) is 9.24. The van der Waals surface area contributed by atoms with E-state index in [0.717, 1.165) is 43.3 Å². The molecule has 0 bridgehead atoms. The molecular formula is C23H18BrClN4O. The van der Waals surface area contributed by atoms with Crippen molar-refractivity contribution in [2.45, 2.75) is 13.5 Å². The Kier molecular flexibility index (Phi) is 5.56. The molecule has 4 rings (SSSR count). The second-order valence-corrected chi connectivity index (χ2v) is 8.29. The number of carbonyl (C=O) groups excluding carboxylic acids is 1. The van der Waals surface area contributed by atoms with Crippen LogP contribution in [0.3, 0.4) is 0 Å². The summed E-state index contributed by atoms with van der Waals surface area (Å²) in [6.07, 6.45) is 0. The summed E-state index contributed by atoms with van der Waals surface area (Å²) in [7, 11) is 0. The van der Waals surface area contributed by atoms with Gasteiger partial charge in [0.15, 0.2) is 0 Å². The number of primary amides is 1. The van der Waals surface area contributed by atoms with Crippen LogP contribution in [0.25, 0.3) is 33.4 Å². The highest BCUT2D eigenvalue weighted by Crippen LogP contribution is 2.34. The van der Waals surface area contributed by atoms with E-state index in [0.29, 0.717) is 17.3 Å². The molecule has 0 atom stereocenters. The minimum Gasteiger partial charge on any atom is -0.364 e. The van der Waals surface area contributed by atoms with Crippen LogP contribution in [0.4, 0.5) is 0 Å². The van der Waals surface area contributed by atoms with Gasteiger partial charge in [-0.1, -0.05) is 45.7 Å². The van der Waals surface area contributed by atoms with Crippen molar-refractivity contribution >= 4 is 44.3 Å². The highest BCUT2D eigenvalue weighted by molar-refractivity contribution is 9.10. The van der Waals surface area contributed by atoms with Gasteiger partial charge in [-0.05, 0) is 54.4 Å². The first kappa shape index (κ1) is 20.5. The summed E-state index contributed by atoms with van der Waals surface area (Å²) >= 11 is 9.83. The molecule has 2 heterocycles. The van der Waals surface area contributed by atoms with Gasteiger partial charge in [0.05, 0.1) is 16.9 Å². The predicted molar refractivity (Wildman–Crippen MR) is 124 cm³/mol. The van der Waals surface area contributed by atoms with Crippen molar-refractivity contribution < 1.29 is 4.79 Å². The lowest BCUT2D eigenvalue weighted by Crippen LogP contribution is -2.13. The first-order chi connectivity index (χ1) is 14.4. The molecule has 0 saturated heterocycles. The number of hydrogen-bond acceptors (Lipinski definition) is 4. The van der Waals surface area contributed by atoms with Gasteiger partial charge in [-0.2, -0.15) is 0 Å². The van der Waals surface area contributed by atoms with Gasteiger partial charge in [-0.3, -0.25) is 4.79 Å². The number of nitrogens with zero attached hydrogens (tertiary/aromatic N) is 2. The maximum Gasteiger partial charge on any atom is 0.267 e. The van der Waals surface area contributed by atoms with Gasteiger partial charge < -0.3 is 11.5 Å². The molecule has 5 nitrogen and oxygen atoms in total. The zero-order chi connectivity index (χ0) is 21.4. The summed E-state index contributed by atoms with van der Waals surface area (Å²) in [5.74, 6) is -0.577. The highest BCUT2D eigenvalue weighted by Gasteiger charge is 2.15. The lowest BCUT2D eigenvalue weighted by atomic mass is 9.98. The summed E-state index contributed by atoms with van der Waals surface area (Å²) in [4.78, 5) is 20.9. The Hall–Kier alpha value is -2.80. The van der Waals surface area contributed by atoms with Gasteiger partial charge in [-0.15, -0.1) is 0 Å².